The summed E-state index contributed by atoms with van der Waals surface area (Å²) in [6.07, 6.45) is 5.57. The van der Waals surface area contributed by atoms with E-state index >= 15 is 0 Å². The lowest BCUT2D eigenvalue weighted by Gasteiger charge is -2.41. The minimum absolute atomic E-state index is 0. The van der Waals surface area contributed by atoms with Crippen LogP contribution >= 0.6 is 0 Å². The van der Waals surface area contributed by atoms with Crippen molar-refractivity contribution in [1.29, 1.82) is 0 Å². The smallest absolute Gasteiger partial charge is 0.264 e. The van der Waals surface area contributed by atoms with Crippen LogP contribution in [0.5, 0.6) is 0 Å². The fraction of sp³-hybridized carbons (Fsp3) is 0.286. The second-order valence-corrected chi connectivity index (χ2v) is 14.1. The monoisotopic (exact) mass is 777 g/mol. The van der Waals surface area contributed by atoms with Crippen LogP contribution in [0.4, 0.5) is 0 Å². The van der Waals surface area contributed by atoms with E-state index in [4.69, 9.17) is 4.74 Å². The summed E-state index contributed by atoms with van der Waals surface area (Å²) in [5, 5.41) is 2.89. The van der Waals surface area contributed by atoms with Crippen LogP contribution in [0.2, 0.25) is 0 Å². The van der Waals surface area contributed by atoms with Gasteiger partial charge in [0.15, 0.2) is 18.9 Å². The van der Waals surface area contributed by atoms with Crippen molar-refractivity contribution in [3.05, 3.63) is 144 Å². The number of aromatic nitrogens is 1. The van der Waals surface area contributed by atoms with Gasteiger partial charge in [-0.2, -0.15) is 4.57 Å². The number of nitrogens with one attached hydrogen (secondary N) is 1. The first-order chi connectivity index (χ1) is 25.0. The largest absolute Gasteiger partial charge is 1.00 e. The van der Waals surface area contributed by atoms with Gasteiger partial charge in [0, 0.05) is 24.3 Å². The zero-order chi connectivity index (χ0) is 36.8. The van der Waals surface area contributed by atoms with Crippen LogP contribution in [0.3, 0.4) is 0 Å². The summed E-state index contributed by atoms with van der Waals surface area (Å²) in [4.78, 5) is 63.8. The first kappa shape index (κ1) is 38.8. The number of ether oxygens (including phenoxy) is 1. The molecule has 0 saturated heterocycles. The maximum absolute atomic E-state index is 14.5. The number of benzene rings is 3. The fourth-order valence-corrected chi connectivity index (χ4v) is 6.47. The van der Waals surface area contributed by atoms with Crippen molar-refractivity contribution in [2.24, 2.45) is 10.9 Å². The van der Waals surface area contributed by atoms with E-state index in [1.165, 1.54) is 9.80 Å². The normalized spacial score (nSPS) is 16.9. The Bertz CT molecular complexity index is 2000. The molecular formula is C42H44BrN5O5. The predicted molar refractivity (Wildman–Crippen MR) is 198 cm³/mol. The van der Waals surface area contributed by atoms with Crippen LogP contribution in [-0.2, 0) is 32.1 Å². The van der Waals surface area contributed by atoms with Crippen LogP contribution in [0.25, 0.3) is 5.70 Å². The van der Waals surface area contributed by atoms with E-state index < -0.39 is 35.2 Å². The minimum Gasteiger partial charge on any atom is -1.00 e. The molecule has 0 radical (unpaired) electrons. The third kappa shape index (κ3) is 9.34. The molecule has 1 N–H and O–H groups in total. The van der Waals surface area contributed by atoms with Gasteiger partial charge >= 0.3 is 0 Å². The third-order valence-corrected chi connectivity index (χ3v) is 9.03. The molecule has 0 fully saturated rings. The lowest BCUT2D eigenvalue weighted by Crippen LogP contribution is -3.00. The Kier molecular flexibility index (Phi) is 12.4. The van der Waals surface area contributed by atoms with E-state index in [1.807, 2.05) is 136 Å². The van der Waals surface area contributed by atoms with E-state index in [0.717, 1.165) is 11.1 Å². The molecule has 3 heterocycles. The first-order valence-corrected chi connectivity index (χ1v) is 17.5. The van der Waals surface area contributed by atoms with Gasteiger partial charge in [-0.3, -0.25) is 29.0 Å². The SMILES string of the molecule is CC(C)[C@@H]1C(=O)N(CC(=O)N[C@@H](Cc2ccccc2)C(=O)C2=NC(C)(C)CO2)C(c2ccccc2)=CN1C(=O)c1ccc[n+](Cc2ccccc2)c1.[Br-]. The van der Waals surface area contributed by atoms with Crippen LogP contribution < -0.4 is 26.9 Å². The zero-order valence-corrected chi connectivity index (χ0v) is 31.9. The first-order valence-electron chi connectivity index (χ1n) is 17.5. The Morgan fingerprint density at radius 3 is 2.13 bits per heavy atom. The van der Waals surface area contributed by atoms with E-state index in [-0.39, 0.29) is 54.3 Å². The maximum atomic E-state index is 14.5. The molecule has 3 aromatic carbocycles. The number of halogens is 1. The van der Waals surface area contributed by atoms with Crippen molar-refractivity contribution in [1.82, 2.24) is 15.1 Å². The van der Waals surface area contributed by atoms with E-state index in [9.17, 15) is 19.2 Å². The van der Waals surface area contributed by atoms with Crippen LogP contribution in [-0.4, -0.2) is 70.0 Å². The molecule has 2 aliphatic rings. The predicted octanol–water partition coefficient (Wildman–Crippen LogP) is 1.84. The van der Waals surface area contributed by atoms with Crippen molar-refractivity contribution < 1.29 is 45.5 Å². The molecule has 2 aliphatic heterocycles. The number of rotatable bonds is 12. The highest BCUT2D eigenvalue weighted by Gasteiger charge is 2.42. The second-order valence-electron chi connectivity index (χ2n) is 14.1. The highest BCUT2D eigenvalue weighted by atomic mass is 79.9. The number of amides is 3. The number of hydrogen-bond donors (Lipinski definition) is 1. The molecule has 3 amide bonds. The average molecular weight is 779 g/mol. The van der Waals surface area contributed by atoms with Crippen LogP contribution in [0.1, 0.15) is 54.7 Å². The summed E-state index contributed by atoms with van der Waals surface area (Å²) < 4.78 is 7.59. The van der Waals surface area contributed by atoms with Gasteiger partial charge in [-0.05, 0) is 37.0 Å². The molecule has 274 valence electrons. The highest BCUT2D eigenvalue weighted by molar-refractivity contribution is 6.39. The summed E-state index contributed by atoms with van der Waals surface area (Å²) >= 11 is 0. The van der Waals surface area contributed by atoms with Crippen molar-refractivity contribution in [2.45, 2.75) is 58.3 Å². The number of aliphatic imine (C=N–C) groups is 1. The van der Waals surface area contributed by atoms with Gasteiger partial charge in [-0.1, -0.05) is 105 Å². The standard InChI is InChI=1S/C42H43N5O5.BrH/c1-29(2)37-41(51)46(27-36(48)43-34(23-30-15-8-5-9-16-30)38(49)39-44-42(3,4)28-52-39)35(32-19-12-7-13-20-32)26-47(37)40(50)33-21-14-22-45(25-33)24-31-17-10-6-11-18-31;/h5-22,25-26,29,34,37H,23-24,27-28H2,1-4H3;1H/t34-,37+;/m0./s1. The molecule has 53 heavy (non-hydrogen) atoms. The summed E-state index contributed by atoms with van der Waals surface area (Å²) in [6.45, 7) is 7.96. The summed E-state index contributed by atoms with van der Waals surface area (Å²) in [5.74, 6) is -2.01. The lowest BCUT2D eigenvalue weighted by molar-refractivity contribution is -0.688. The quantitative estimate of drug-likeness (QED) is 0.221. The molecule has 0 unspecified atom stereocenters. The number of carbonyl (C=O) groups is 4. The Morgan fingerprint density at radius 1 is 0.906 bits per heavy atom. The van der Waals surface area contributed by atoms with Gasteiger partial charge < -0.3 is 27.0 Å². The topological polar surface area (TPSA) is 112 Å². The number of nitrogens with zero attached hydrogens (tertiary/aromatic N) is 4. The molecule has 11 heteroatoms. The number of hydrogen-bond acceptors (Lipinski definition) is 6. The average Bonchev–Trinajstić information content (AvgIpc) is 3.51. The van der Waals surface area contributed by atoms with Crippen molar-refractivity contribution >= 4 is 35.1 Å². The molecule has 1 aromatic heterocycles. The molecule has 0 bridgehead atoms. The molecule has 0 saturated carbocycles. The highest BCUT2D eigenvalue weighted by Crippen LogP contribution is 2.31. The number of carbonyl (C=O) groups excluding carboxylic acids is 4. The molecule has 10 nitrogen and oxygen atoms in total. The van der Waals surface area contributed by atoms with Gasteiger partial charge in [0.2, 0.25) is 11.7 Å². The zero-order valence-electron chi connectivity index (χ0n) is 30.3. The molecule has 6 rings (SSSR count). The Morgan fingerprint density at radius 2 is 1.53 bits per heavy atom. The molecular weight excluding hydrogens is 734 g/mol. The Balaban J connectivity index is 0.00000541. The third-order valence-electron chi connectivity index (χ3n) is 9.03. The van der Waals surface area contributed by atoms with E-state index in [1.54, 1.807) is 18.5 Å². The minimum atomic E-state index is -0.980. The number of ketones is 1. The van der Waals surface area contributed by atoms with Crippen molar-refractivity contribution in [2.75, 3.05) is 13.2 Å². The van der Waals surface area contributed by atoms with Crippen molar-refractivity contribution in [3.8, 4) is 0 Å². The fourth-order valence-electron chi connectivity index (χ4n) is 6.47. The van der Waals surface area contributed by atoms with Crippen LogP contribution in [0.15, 0.2) is 127 Å². The molecule has 0 spiro atoms. The van der Waals surface area contributed by atoms with Gasteiger partial charge in [0.25, 0.3) is 17.7 Å². The van der Waals surface area contributed by atoms with E-state index in [0.29, 0.717) is 23.4 Å². The lowest BCUT2D eigenvalue weighted by atomic mass is 9.96. The second kappa shape index (κ2) is 16.9. The molecule has 2 atom stereocenters. The van der Waals surface area contributed by atoms with Crippen molar-refractivity contribution in [3.63, 3.8) is 0 Å². The summed E-state index contributed by atoms with van der Waals surface area (Å²) in [6, 6.07) is 30.2. The van der Waals surface area contributed by atoms with Gasteiger partial charge in [0.1, 0.15) is 30.8 Å². The Labute approximate surface area is 321 Å². The van der Waals surface area contributed by atoms with Crippen LogP contribution in [0, 0.1) is 5.92 Å². The number of Topliss-reactive ketones (excluding diaryl/α,β-unsaturated/α-hetero) is 1. The van der Waals surface area contributed by atoms with E-state index in [2.05, 4.69) is 10.3 Å². The van der Waals surface area contributed by atoms with Gasteiger partial charge in [-0.25, -0.2) is 4.99 Å². The summed E-state index contributed by atoms with van der Waals surface area (Å²) in [5.41, 5.74) is 2.86. The molecule has 0 aliphatic carbocycles. The summed E-state index contributed by atoms with van der Waals surface area (Å²) in [7, 11) is 0. The molecule has 4 aromatic rings. The Hall–Kier alpha value is -5.42. The maximum Gasteiger partial charge on any atom is 0.264 e. The van der Waals surface area contributed by atoms with Gasteiger partial charge in [0.05, 0.1) is 11.2 Å². The number of pyridine rings is 1. The van der Waals surface area contributed by atoms with Gasteiger partial charge in [-0.15, -0.1) is 0 Å².